The standard InChI is InChI=1S/C13H20N2O/c1-2-3-4-5-6-11-7-9-12(10-8-11)13(16)15-14/h7-10H,2-6,14H2,1H3,(H,15,16). The highest BCUT2D eigenvalue weighted by atomic mass is 16.2. The van der Waals surface area contributed by atoms with Crippen molar-refractivity contribution < 1.29 is 4.79 Å². The highest BCUT2D eigenvalue weighted by Gasteiger charge is 2.02. The van der Waals surface area contributed by atoms with E-state index in [0.717, 1.165) is 6.42 Å². The van der Waals surface area contributed by atoms with E-state index in [9.17, 15) is 4.79 Å². The quantitative estimate of drug-likeness (QED) is 0.335. The van der Waals surface area contributed by atoms with E-state index in [2.05, 4.69) is 12.3 Å². The third-order valence-corrected chi connectivity index (χ3v) is 2.67. The minimum absolute atomic E-state index is 0.238. The third-order valence-electron chi connectivity index (χ3n) is 2.67. The van der Waals surface area contributed by atoms with E-state index in [0.29, 0.717) is 5.56 Å². The van der Waals surface area contributed by atoms with Gasteiger partial charge in [-0.3, -0.25) is 10.2 Å². The van der Waals surface area contributed by atoms with Gasteiger partial charge >= 0.3 is 0 Å². The molecule has 1 aromatic rings. The number of benzene rings is 1. The molecule has 0 aromatic heterocycles. The number of hydrogen-bond donors (Lipinski definition) is 2. The number of hydrogen-bond acceptors (Lipinski definition) is 2. The number of hydrazine groups is 1. The zero-order valence-corrected chi connectivity index (χ0v) is 9.83. The van der Waals surface area contributed by atoms with Crippen LogP contribution in [-0.4, -0.2) is 5.91 Å². The predicted octanol–water partition coefficient (Wildman–Crippen LogP) is 2.41. The summed E-state index contributed by atoms with van der Waals surface area (Å²) in [6, 6.07) is 7.63. The van der Waals surface area contributed by atoms with Crippen LogP contribution in [-0.2, 0) is 6.42 Å². The molecule has 0 saturated carbocycles. The van der Waals surface area contributed by atoms with E-state index >= 15 is 0 Å². The largest absolute Gasteiger partial charge is 0.290 e. The molecular weight excluding hydrogens is 200 g/mol. The first-order valence-corrected chi connectivity index (χ1v) is 5.87. The molecule has 0 aliphatic rings. The molecule has 16 heavy (non-hydrogen) atoms. The number of nitrogen functional groups attached to an aromatic ring is 1. The summed E-state index contributed by atoms with van der Waals surface area (Å²) in [7, 11) is 0. The van der Waals surface area contributed by atoms with Crippen LogP contribution in [0.2, 0.25) is 0 Å². The zero-order valence-electron chi connectivity index (χ0n) is 9.83. The van der Waals surface area contributed by atoms with Crippen LogP contribution in [0.1, 0.15) is 48.5 Å². The van der Waals surface area contributed by atoms with Crippen LogP contribution < -0.4 is 11.3 Å². The normalized spacial score (nSPS) is 10.1. The van der Waals surface area contributed by atoms with Crippen molar-refractivity contribution in [3.8, 4) is 0 Å². The van der Waals surface area contributed by atoms with Crippen molar-refractivity contribution in [3.05, 3.63) is 35.4 Å². The lowest BCUT2D eigenvalue weighted by molar-refractivity contribution is 0.0953. The van der Waals surface area contributed by atoms with E-state index in [1.165, 1.54) is 31.2 Å². The minimum Gasteiger partial charge on any atom is -0.290 e. The first-order valence-electron chi connectivity index (χ1n) is 5.87. The Morgan fingerprint density at radius 3 is 2.44 bits per heavy atom. The molecule has 0 atom stereocenters. The molecule has 0 heterocycles. The van der Waals surface area contributed by atoms with Crippen molar-refractivity contribution in [1.82, 2.24) is 5.43 Å². The van der Waals surface area contributed by atoms with Gasteiger partial charge in [0.1, 0.15) is 0 Å². The van der Waals surface area contributed by atoms with Gasteiger partial charge in [0.05, 0.1) is 0 Å². The number of aryl methyl sites for hydroxylation is 1. The minimum atomic E-state index is -0.238. The lowest BCUT2D eigenvalue weighted by atomic mass is 10.0. The van der Waals surface area contributed by atoms with E-state index in [1.807, 2.05) is 24.3 Å². The molecule has 3 N–H and O–H groups in total. The molecule has 1 rings (SSSR count). The van der Waals surface area contributed by atoms with Crippen molar-refractivity contribution in [3.63, 3.8) is 0 Å². The Bertz CT molecular complexity index is 319. The second-order valence-electron chi connectivity index (χ2n) is 3.98. The highest BCUT2D eigenvalue weighted by Crippen LogP contribution is 2.09. The molecule has 0 bridgehead atoms. The van der Waals surface area contributed by atoms with Gasteiger partial charge in [0.15, 0.2) is 0 Å². The number of rotatable bonds is 6. The third kappa shape index (κ3) is 4.03. The molecule has 1 aromatic carbocycles. The van der Waals surface area contributed by atoms with E-state index in [-0.39, 0.29) is 5.91 Å². The Balaban J connectivity index is 2.42. The molecule has 1 amide bonds. The topological polar surface area (TPSA) is 55.1 Å². The number of nitrogens with one attached hydrogen (secondary N) is 1. The smallest absolute Gasteiger partial charge is 0.265 e. The summed E-state index contributed by atoms with van der Waals surface area (Å²) in [6.45, 7) is 2.21. The van der Waals surface area contributed by atoms with Gasteiger partial charge in [-0.1, -0.05) is 38.3 Å². The maximum atomic E-state index is 11.2. The van der Waals surface area contributed by atoms with Crippen molar-refractivity contribution in [1.29, 1.82) is 0 Å². The molecule has 0 unspecified atom stereocenters. The molecule has 3 nitrogen and oxygen atoms in total. The fourth-order valence-electron chi connectivity index (χ4n) is 1.66. The summed E-state index contributed by atoms with van der Waals surface area (Å²) in [5.74, 6) is 4.82. The zero-order chi connectivity index (χ0) is 11.8. The summed E-state index contributed by atoms with van der Waals surface area (Å²) in [6.07, 6.45) is 6.14. The lowest BCUT2D eigenvalue weighted by Crippen LogP contribution is -2.29. The first-order chi connectivity index (χ1) is 7.77. The van der Waals surface area contributed by atoms with E-state index < -0.39 is 0 Å². The molecular formula is C13H20N2O. The van der Waals surface area contributed by atoms with Crippen molar-refractivity contribution in [2.75, 3.05) is 0 Å². The highest BCUT2D eigenvalue weighted by molar-refractivity contribution is 5.93. The summed E-state index contributed by atoms with van der Waals surface area (Å²) in [5.41, 5.74) is 4.01. The predicted molar refractivity (Wildman–Crippen MR) is 65.9 cm³/mol. The van der Waals surface area contributed by atoms with E-state index in [4.69, 9.17) is 5.84 Å². The van der Waals surface area contributed by atoms with Crippen LogP contribution in [0.4, 0.5) is 0 Å². The Kier molecular flexibility index (Phi) is 5.57. The van der Waals surface area contributed by atoms with Crippen LogP contribution in [0, 0.1) is 0 Å². The molecule has 3 heteroatoms. The van der Waals surface area contributed by atoms with Crippen LogP contribution in [0.15, 0.2) is 24.3 Å². The molecule has 0 spiro atoms. The van der Waals surface area contributed by atoms with Gasteiger partial charge in [0, 0.05) is 5.56 Å². The second-order valence-corrected chi connectivity index (χ2v) is 3.98. The van der Waals surface area contributed by atoms with Gasteiger partial charge in [-0.05, 0) is 30.5 Å². The second kappa shape index (κ2) is 7.01. The van der Waals surface area contributed by atoms with Gasteiger partial charge in [-0.2, -0.15) is 0 Å². The molecule has 88 valence electrons. The number of amides is 1. The number of unbranched alkanes of at least 4 members (excludes halogenated alkanes) is 3. The maximum Gasteiger partial charge on any atom is 0.265 e. The maximum absolute atomic E-state index is 11.2. The van der Waals surface area contributed by atoms with Gasteiger partial charge in [0.2, 0.25) is 0 Å². The van der Waals surface area contributed by atoms with Crippen molar-refractivity contribution in [2.45, 2.75) is 39.0 Å². The molecule has 0 aliphatic heterocycles. The summed E-state index contributed by atoms with van der Waals surface area (Å²) < 4.78 is 0. The van der Waals surface area contributed by atoms with Gasteiger partial charge in [-0.15, -0.1) is 0 Å². The molecule has 0 saturated heterocycles. The lowest BCUT2D eigenvalue weighted by Gasteiger charge is -2.03. The fraction of sp³-hybridized carbons (Fsp3) is 0.462. The fourth-order valence-corrected chi connectivity index (χ4v) is 1.66. The van der Waals surface area contributed by atoms with Gasteiger partial charge in [-0.25, -0.2) is 5.84 Å². The van der Waals surface area contributed by atoms with Gasteiger partial charge < -0.3 is 0 Å². The molecule has 0 aliphatic carbocycles. The van der Waals surface area contributed by atoms with Crippen molar-refractivity contribution >= 4 is 5.91 Å². The molecule has 0 fully saturated rings. The first kappa shape index (κ1) is 12.7. The summed E-state index contributed by atoms with van der Waals surface area (Å²) >= 11 is 0. The Labute approximate surface area is 97.0 Å². The SMILES string of the molecule is CCCCCCc1ccc(C(=O)NN)cc1. The van der Waals surface area contributed by atoms with Crippen LogP contribution in [0.25, 0.3) is 0 Å². The van der Waals surface area contributed by atoms with Crippen molar-refractivity contribution in [2.24, 2.45) is 5.84 Å². The van der Waals surface area contributed by atoms with Crippen LogP contribution >= 0.6 is 0 Å². The Hall–Kier alpha value is -1.35. The Morgan fingerprint density at radius 1 is 1.19 bits per heavy atom. The van der Waals surface area contributed by atoms with E-state index in [1.54, 1.807) is 0 Å². The number of carbonyl (C=O) groups is 1. The number of nitrogens with two attached hydrogens (primary N) is 1. The monoisotopic (exact) mass is 220 g/mol. The van der Waals surface area contributed by atoms with Crippen LogP contribution in [0.5, 0.6) is 0 Å². The summed E-state index contributed by atoms with van der Waals surface area (Å²) in [4.78, 5) is 11.2. The summed E-state index contributed by atoms with van der Waals surface area (Å²) in [5, 5.41) is 0. The Morgan fingerprint density at radius 2 is 1.88 bits per heavy atom. The average molecular weight is 220 g/mol. The molecule has 0 radical (unpaired) electrons. The van der Waals surface area contributed by atoms with Crippen LogP contribution in [0.3, 0.4) is 0 Å². The average Bonchev–Trinajstić information content (AvgIpc) is 2.34. The van der Waals surface area contributed by atoms with Gasteiger partial charge in [0.25, 0.3) is 5.91 Å². The number of carbonyl (C=O) groups excluding carboxylic acids is 1.